The predicted octanol–water partition coefficient (Wildman–Crippen LogP) is 6.56. The van der Waals surface area contributed by atoms with Crippen LogP contribution in [0.5, 0.6) is 11.5 Å². The fourth-order valence-electron chi connectivity index (χ4n) is 10.2. The summed E-state index contributed by atoms with van der Waals surface area (Å²) in [7, 11) is -1.42. The first kappa shape index (κ1) is 41.4. The standard InChI is InChI=1S/C44H52N8O9S/c1-59-43(55)49-37(25-9-3-4-10-25)41(53)51-19-7-13-31(51)39-45-23-29(47-39)27-16-18-35-34(21-27)61-33-17-15-28(22-36(33)62(35,57)58)30-24-46-40(48-30)32-14-8-20-52(32)42(54)38(50-44(56)60-2)26-11-5-6-12-26/h15-18,21-26,31-32,37-38H,3-14,19-20H2,1-2H3,(H,45,47)(H,46,48)(H,49,55)(H,50,56)/t31-,32-,37-,38-/m0/s1. The van der Waals surface area contributed by atoms with Gasteiger partial charge in [-0.25, -0.2) is 28.0 Å². The number of amides is 4. The largest absolute Gasteiger partial charge is 0.455 e. The number of nitrogens with one attached hydrogen (secondary N) is 4. The maximum atomic E-state index is 14.2. The van der Waals surface area contributed by atoms with Crippen molar-refractivity contribution in [2.45, 2.75) is 111 Å². The van der Waals surface area contributed by atoms with Gasteiger partial charge in [-0.15, -0.1) is 0 Å². The summed E-state index contributed by atoms with van der Waals surface area (Å²) < 4.78 is 44.3. The van der Waals surface area contributed by atoms with E-state index < -0.39 is 34.1 Å². The van der Waals surface area contributed by atoms with Crippen LogP contribution in [0.4, 0.5) is 9.59 Å². The highest BCUT2D eigenvalue weighted by molar-refractivity contribution is 7.91. The lowest BCUT2D eigenvalue weighted by Gasteiger charge is -2.31. The molecule has 4 N–H and O–H groups in total. The molecular formula is C44H52N8O9S. The van der Waals surface area contributed by atoms with Gasteiger partial charge in [-0.05, 0) is 93.5 Å². The third-order valence-electron chi connectivity index (χ3n) is 13.4. The Morgan fingerprint density at radius 1 is 0.661 bits per heavy atom. The molecule has 4 aromatic rings. The van der Waals surface area contributed by atoms with Gasteiger partial charge in [0.2, 0.25) is 21.7 Å². The van der Waals surface area contributed by atoms with E-state index in [0.29, 0.717) is 60.1 Å². The van der Waals surface area contributed by atoms with Crippen LogP contribution in [0.25, 0.3) is 22.5 Å². The molecule has 328 valence electrons. The van der Waals surface area contributed by atoms with E-state index in [4.69, 9.17) is 14.2 Å². The number of imidazole rings is 2. The summed E-state index contributed by atoms with van der Waals surface area (Å²) in [4.78, 5) is 72.1. The Labute approximate surface area is 359 Å². The van der Waals surface area contributed by atoms with Crippen molar-refractivity contribution in [2.24, 2.45) is 11.8 Å². The van der Waals surface area contributed by atoms with Gasteiger partial charge < -0.3 is 44.6 Å². The summed E-state index contributed by atoms with van der Waals surface area (Å²) in [5.74, 6) is 1.34. The highest BCUT2D eigenvalue weighted by atomic mass is 32.2. The molecule has 2 aromatic heterocycles. The number of nitrogens with zero attached hydrogens (tertiary/aromatic N) is 4. The van der Waals surface area contributed by atoms with Crippen LogP contribution < -0.4 is 15.4 Å². The topological polar surface area (TPSA) is 218 Å². The first-order chi connectivity index (χ1) is 30.0. The number of ether oxygens (including phenoxy) is 3. The lowest BCUT2D eigenvalue weighted by Crippen LogP contribution is -2.51. The third kappa shape index (κ3) is 7.77. The van der Waals surface area contributed by atoms with Gasteiger partial charge in [0.25, 0.3) is 0 Å². The molecule has 5 heterocycles. The molecular weight excluding hydrogens is 817 g/mol. The number of carbonyl (C=O) groups excluding carboxylic acids is 4. The van der Waals surface area contributed by atoms with Crippen molar-refractivity contribution in [3.8, 4) is 34.0 Å². The number of sulfone groups is 1. The highest BCUT2D eigenvalue weighted by Crippen LogP contribution is 2.46. The van der Waals surface area contributed by atoms with Crippen molar-refractivity contribution in [3.63, 3.8) is 0 Å². The monoisotopic (exact) mass is 868 g/mol. The number of H-pyrrole nitrogens is 2. The van der Waals surface area contributed by atoms with E-state index >= 15 is 0 Å². The summed E-state index contributed by atoms with van der Waals surface area (Å²) in [6.45, 7) is 1.07. The molecule has 2 saturated heterocycles. The molecule has 4 fully saturated rings. The number of aromatic nitrogens is 4. The second-order valence-electron chi connectivity index (χ2n) is 17.0. The van der Waals surface area contributed by atoms with Gasteiger partial charge in [0.1, 0.15) is 45.0 Å². The number of fused-ring (bicyclic) bond motifs is 2. The molecule has 4 amide bonds. The van der Waals surface area contributed by atoms with Crippen LogP contribution in [-0.2, 0) is 28.9 Å². The van der Waals surface area contributed by atoms with Gasteiger partial charge in [-0.2, -0.15) is 0 Å². The van der Waals surface area contributed by atoms with Crippen LogP contribution in [0, 0.1) is 11.8 Å². The quantitative estimate of drug-likeness (QED) is 0.118. The van der Waals surface area contributed by atoms with E-state index in [1.807, 2.05) is 0 Å². The maximum Gasteiger partial charge on any atom is 0.407 e. The summed E-state index contributed by atoms with van der Waals surface area (Å²) in [5.41, 5.74) is 2.47. The van der Waals surface area contributed by atoms with Crippen LogP contribution in [0.2, 0.25) is 0 Å². The highest BCUT2D eigenvalue weighted by Gasteiger charge is 2.42. The number of hydrogen-bond donors (Lipinski definition) is 4. The molecule has 4 atom stereocenters. The van der Waals surface area contributed by atoms with E-state index in [9.17, 15) is 27.6 Å². The minimum Gasteiger partial charge on any atom is -0.455 e. The van der Waals surface area contributed by atoms with Crippen LogP contribution in [0.15, 0.2) is 58.6 Å². The molecule has 0 spiro atoms. The number of rotatable bonds is 10. The molecule has 9 rings (SSSR count). The number of likely N-dealkylation sites (tertiary alicyclic amines) is 2. The van der Waals surface area contributed by atoms with Crippen LogP contribution in [0.3, 0.4) is 0 Å². The first-order valence-electron chi connectivity index (χ1n) is 21.7. The Bertz CT molecular complexity index is 2470. The lowest BCUT2D eigenvalue weighted by atomic mass is 9.96. The number of carbonyl (C=O) groups is 4. The predicted molar refractivity (Wildman–Crippen MR) is 224 cm³/mol. The van der Waals surface area contributed by atoms with Crippen LogP contribution in [-0.4, -0.2) is 102 Å². The Morgan fingerprint density at radius 3 is 1.65 bits per heavy atom. The molecule has 3 aliphatic heterocycles. The molecule has 17 nitrogen and oxygen atoms in total. The van der Waals surface area contributed by atoms with Gasteiger partial charge in [-0.1, -0.05) is 31.7 Å². The van der Waals surface area contributed by atoms with E-state index in [-0.39, 0.29) is 57.0 Å². The molecule has 2 saturated carbocycles. The summed E-state index contributed by atoms with van der Waals surface area (Å²) >= 11 is 0. The van der Waals surface area contributed by atoms with Gasteiger partial charge >= 0.3 is 12.2 Å². The van der Waals surface area contributed by atoms with Crippen LogP contribution in [0.1, 0.15) is 101 Å². The molecule has 62 heavy (non-hydrogen) atoms. The lowest BCUT2D eigenvalue weighted by molar-refractivity contribution is -0.136. The minimum absolute atomic E-state index is 0.0183. The second-order valence-corrected chi connectivity index (χ2v) is 18.9. The Hall–Kier alpha value is -5.91. The Morgan fingerprint density at radius 2 is 1.15 bits per heavy atom. The zero-order valence-corrected chi connectivity index (χ0v) is 35.7. The number of hydrogen-bond acceptors (Lipinski definition) is 11. The smallest absolute Gasteiger partial charge is 0.407 e. The molecule has 0 radical (unpaired) electrons. The van der Waals surface area contributed by atoms with Gasteiger partial charge in [-0.3, -0.25) is 9.59 Å². The van der Waals surface area contributed by atoms with Crippen molar-refractivity contribution < 1.29 is 41.8 Å². The van der Waals surface area contributed by atoms with Crippen molar-refractivity contribution in [2.75, 3.05) is 27.3 Å². The third-order valence-corrected chi connectivity index (χ3v) is 15.2. The van der Waals surface area contributed by atoms with E-state index in [1.54, 1.807) is 52.5 Å². The van der Waals surface area contributed by atoms with Crippen molar-refractivity contribution in [1.29, 1.82) is 0 Å². The van der Waals surface area contributed by atoms with Crippen LogP contribution >= 0.6 is 0 Å². The average Bonchev–Trinajstić information content (AvgIpc) is 4.13. The molecule has 0 bridgehead atoms. The number of alkyl carbamates (subject to hydrolysis) is 2. The van der Waals surface area contributed by atoms with Crippen molar-refractivity contribution in [3.05, 3.63) is 60.4 Å². The van der Waals surface area contributed by atoms with Gasteiger partial charge in [0, 0.05) is 24.2 Å². The van der Waals surface area contributed by atoms with E-state index in [0.717, 1.165) is 64.2 Å². The molecule has 0 unspecified atom stereocenters. The molecule has 18 heteroatoms. The number of benzene rings is 2. The Balaban J connectivity index is 0.911. The van der Waals surface area contributed by atoms with E-state index in [1.165, 1.54) is 20.3 Å². The fraction of sp³-hybridized carbons (Fsp3) is 0.500. The second kappa shape index (κ2) is 17.1. The van der Waals surface area contributed by atoms with Crippen molar-refractivity contribution in [1.82, 2.24) is 40.4 Å². The van der Waals surface area contributed by atoms with Gasteiger partial charge in [0.05, 0.1) is 50.1 Å². The number of methoxy groups -OCH3 is 2. The van der Waals surface area contributed by atoms with Crippen molar-refractivity contribution >= 4 is 33.8 Å². The average molecular weight is 869 g/mol. The molecule has 2 aromatic carbocycles. The summed E-state index contributed by atoms with van der Waals surface area (Å²) in [6.07, 6.45) is 12.5. The summed E-state index contributed by atoms with van der Waals surface area (Å²) in [5, 5.41) is 5.59. The molecule has 5 aliphatic rings. The Kier molecular flexibility index (Phi) is 11.4. The minimum atomic E-state index is -4.01. The first-order valence-corrected chi connectivity index (χ1v) is 23.1. The zero-order valence-electron chi connectivity index (χ0n) is 34.9. The normalized spacial score (nSPS) is 21.8. The van der Waals surface area contributed by atoms with E-state index in [2.05, 4.69) is 30.6 Å². The summed E-state index contributed by atoms with van der Waals surface area (Å²) in [6, 6.07) is 7.86. The van der Waals surface area contributed by atoms with Gasteiger partial charge in [0.15, 0.2) is 0 Å². The SMILES string of the molecule is COC(=O)N[C@H](C(=O)N1CCC[C@H]1c1ncc(-c2ccc3c(c2)Oc2ccc(-c4cnc([C@@H]5CCCN5C(=O)[C@@H](NC(=O)OC)C5CCCC5)[nH]4)cc2S3(=O)=O)[nH]1)C1CCCC1. The molecule has 2 aliphatic carbocycles. The fourth-order valence-corrected chi connectivity index (χ4v) is 11.7. The number of aromatic amines is 2. The zero-order chi connectivity index (χ0) is 43.1. The maximum absolute atomic E-state index is 14.2.